The van der Waals surface area contributed by atoms with Gasteiger partial charge in [-0.1, -0.05) is 47.1 Å². The summed E-state index contributed by atoms with van der Waals surface area (Å²) in [5, 5.41) is 5.54. The molecule has 0 spiro atoms. The Bertz CT molecular complexity index is 1050. The molecule has 7 atom stereocenters. The number of likely N-dealkylation sites (N-methyl/N-ethyl adjacent to an activating group) is 2. The monoisotopic (exact) mass is 591 g/mol. The first kappa shape index (κ1) is 34.8. The fraction of sp³-hybridized carbons (Fsp3) is 0.733. The van der Waals surface area contributed by atoms with E-state index in [2.05, 4.69) is 17.2 Å². The molecule has 2 heterocycles. The second kappa shape index (κ2) is 15.2. The van der Waals surface area contributed by atoms with Crippen molar-refractivity contribution in [2.24, 2.45) is 17.8 Å². The van der Waals surface area contributed by atoms with Crippen molar-refractivity contribution in [2.75, 3.05) is 27.2 Å². The average molecular weight is 592 g/mol. The average Bonchev–Trinajstić information content (AvgIpc) is 3.33. The van der Waals surface area contributed by atoms with Crippen LogP contribution in [0.5, 0.6) is 0 Å². The summed E-state index contributed by atoms with van der Waals surface area (Å²) in [6.45, 7) is 14.7. The van der Waals surface area contributed by atoms with Crippen molar-refractivity contribution >= 4 is 35.5 Å². The van der Waals surface area contributed by atoms with Crippen molar-refractivity contribution in [1.82, 2.24) is 25.3 Å². The van der Waals surface area contributed by atoms with Crippen LogP contribution in [-0.4, -0.2) is 108 Å². The maximum Gasteiger partial charge on any atom is 0.308 e. The minimum Gasteiger partial charge on any atom is -0.452 e. The van der Waals surface area contributed by atoms with E-state index in [0.29, 0.717) is 12.8 Å². The van der Waals surface area contributed by atoms with Gasteiger partial charge in [-0.15, -0.1) is 6.58 Å². The third-order valence-electron chi connectivity index (χ3n) is 8.54. The standard InChI is InChI=1S/C30H49N5O7/c1-10-12-21-28(39)35-16-14-19(6)25(35)27(38)32-23(18(5)11-2)29(40)34(9)24(17(3)4)30(41)33(8)20(7)26(37)31-15-13-22(36)42-21/h10,17-21,23-25H,1,11-16H2,2-9H3,(H,31,37)(H,32,38)/t18?,19-,20+,21?,23+,24+,25-/m1/s1. The van der Waals surface area contributed by atoms with Crippen molar-refractivity contribution in [3.8, 4) is 0 Å². The SMILES string of the molecule is C=CCC1OC(=O)CCNC(=O)[C@H](C)N(C)C(=O)[C@H](C(C)C)N(C)C(=O)[C@H](C(C)CC)NC(=O)[C@H]2[C@H](C)CCN2C1=O. The first-order valence-corrected chi connectivity index (χ1v) is 14.9. The normalized spacial score (nSPS) is 30.2. The van der Waals surface area contributed by atoms with Gasteiger partial charge in [0.2, 0.25) is 23.6 Å². The van der Waals surface area contributed by atoms with Gasteiger partial charge in [0.1, 0.15) is 24.2 Å². The lowest BCUT2D eigenvalue weighted by Crippen LogP contribution is -2.61. The second-order valence-electron chi connectivity index (χ2n) is 11.9. The van der Waals surface area contributed by atoms with Gasteiger partial charge in [0.05, 0.1) is 6.42 Å². The zero-order valence-corrected chi connectivity index (χ0v) is 26.3. The molecule has 12 nitrogen and oxygen atoms in total. The minimum absolute atomic E-state index is 0.0510. The molecule has 0 aromatic rings. The zero-order valence-electron chi connectivity index (χ0n) is 26.3. The summed E-state index contributed by atoms with van der Waals surface area (Å²) in [6.07, 6.45) is 1.27. The van der Waals surface area contributed by atoms with Crippen LogP contribution >= 0.6 is 0 Å². The third kappa shape index (κ3) is 7.89. The fourth-order valence-electron chi connectivity index (χ4n) is 5.53. The number of amides is 5. The van der Waals surface area contributed by atoms with Crippen molar-refractivity contribution in [1.29, 1.82) is 0 Å². The Morgan fingerprint density at radius 1 is 0.976 bits per heavy atom. The lowest BCUT2D eigenvalue weighted by Gasteiger charge is -2.38. The number of fused-ring (bicyclic) bond motifs is 1. The van der Waals surface area contributed by atoms with Crippen LogP contribution in [-0.2, 0) is 33.5 Å². The van der Waals surface area contributed by atoms with Crippen LogP contribution in [0.25, 0.3) is 0 Å². The highest BCUT2D eigenvalue weighted by atomic mass is 16.5. The molecule has 0 bridgehead atoms. The number of hydrogen-bond donors (Lipinski definition) is 2. The molecule has 42 heavy (non-hydrogen) atoms. The van der Waals surface area contributed by atoms with Gasteiger partial charge >= 0.3 is 5.97 Å². The predicted molar refractivity (Wildman–Crippen MR) is 157 cm³/mol. The minimum atomic E-state index is -1.18. The van der Waals surface area contributed by atoms with Gasteiger partial charge in [0.25, 0.3) is 5.91 Å². The number of cyclic esters (lactones) is 1. The molecular weight excluding hydrogens is 542 g/mol. The summed E-state index contributed by atoms with van der Waals surface area (Å²) in [7, 11) is 3.02. The van der Waals surface area contributed by atoms with E-state index in [1.54, 1.807) is 6.92 Å². The van der Waals surface area contributed by atoms with Crippen LogP contribution in [0.2, 0.25) is 0 Å². The Morgan fingerprint density at radius 3 is 2.19 bits per heavy atom. The summed E-state index contributed by atoms with van der Waals surface area (Å²) >= 11 is 0. The summed E-state index contributed by atoms with van der Waals surface area (Å²) in [4.78, 5) is 84.6. The number of rotatable bonds is 5. The number of nitrogens with zero attached hydrogens (tertiary/aromatic N) is 3. The Balaban J connectivity index is 2.57. The largest absolute Gasteiger partial charge is 0.452 e. The first-order chi connectivity index (χ1) is 19.7. The summed E-state index contributed by atoms with van der Waals surface area (Å²) in [5.41, 5.74) is 0. The zero-order chi connectivity index (χ0) is 31.9. The van der Waals surface area contributed by atoms with E-state index in [1.807, 2.05) is 34.6 Å². The van der Waals surface area contributed by atoms with E-state index < -0.39 is 65.8 Å². The number of hydrogen-bond acceptors (Lipinski definition) is 7. The summed E-state index contributed by atoms with van der Waals surface area (Å²) in [5.74, 6) is -3.81. The van der Waals surface area contributed by atoms with Gasteiger partial charge in [-0.3, -0.25) is 28.8 Å². The van der Waals surface area contributed by atoms with E-state index in [0.717, 1.165) is 0 Å². The van der Waals surface area contributed by atoms with Crippen LogP contribution < -0.4 is 10.6 Å². The molecule has 2 aliphatic heterocycles. The molecule has 2 rings (SSSR count). The Hall–Kier alpha value is -3.44. The lowest BCUT2D eigenvalue weighted by molar-refractivity contribution is -0.161. The molecule has 0 aromatic carbocycles. The number of nitrogens with one attached hydrogen (secondary N) is 2. The molecule has 2 unspecified atom stereocenters. The van der Waals surface area contributed by atoms with Gasteiger partial charge in [0, 0.05) is 33.6 Å². The number of esters is 1. The van der Waals surface area contributed by atoms with E-state index in [9.17, 15) is 28.8 Å². The molecule has 2 saturated heterocycles. The number of ether oxygens (including phenoxy) is 1. The molecule has 0 aliphatic carbocycles. The highest BCUT2D eigenvalue weighted by Crippen LogP contribution is 2.27. The van der Waals surface area contributed by atoms with Crippen molar-refractivity contribution in [3.63, 3.8) is 0 Å². The molecule has 2 aliphatic rings. The maximum atomic E-state index is 14.0. The summed E-state index contributed by atoms with van der Waals surface area (Å²) < 4.78 is 5.49. The topological polar surface area (TPSA) is 145 Å². The Kier molecular flexibility index (Phi) is 12.5. The Morgan fingerprint density at radius 2 is 1.62 bits per heavy atom. The van der Waals surface area contributed by atoms with Crippen LogP contribution in [0.15, 0.2) is 12.7 Å². The quantitative estimate of drug-likeness (QED) is 0.360. The molecule has 236 valence electrons. The number of carbonyl (C=O) groups is 6. The molecule has 2 fully saturated rings. The lowest BCUT2D eigenvalue weighted by atomic mass is 9.94. The molecule has 0 radical (unpaired) electrons. The Labute approximate surface area is 249 Å². The van der Waals surface area contributed by atoms with E-state index in [-0.39, 0.29) is 43.7 Å². The first-order valence-electron chi connectivity index (χ1n) is 14.9. The van der Waals surface area contributed by atoms with Gasteiger partial charge in [-0.2, -0.15) is 0 Å². The van der Waals surface area contributed by atoms with Crippen LogP contribution in [0.1, 0.15) is 67.2 Å². The third-order valence-corrected chi connectivity index (χ3v) is 8.54. The van der Waals surface area contributed by atoms with Crippen LogP contribution in [0.3, 0.4) is 0 Å². The van der Waals surface area contributed by atoms with Crippen LogP contribution in [0, 0.1) is 17.8 Å². The van der Waals surface area contributed by atoms with Crippen molar-refractivity contribution < 1.29 is 33.5 Å². The maximum absolute atomic E-state index is 14.0. The highest BCUT2D eigenvalue weighted by Gasteiger charge is 2.45. The molecule has 2 N–H and O–H groups in total. The van der Waals surface area contributed by atoms with Crippen molar-refractivity contribution in [3.05, 3.63) is 12.7 Å². The van der Waals surface area contributed by atoms with E-state index in [1.165, 1.54) is 34.9 Å². The predicted octanol–water partition coefficient (Wildman–Crippen LogP) is 1.09. The summed E-state index contributed by atoms with van der Waals surface area (Å²) in [6, 6.07) is -3.62. The number of carbonyl (C=O) groups excluding carboxylic acids is 6. The second-order valence-corrected chi connectivity index (χ2v) is 11.9. The molecule has 0 saturated carbocycles. The van der Waals surface area contributed by atoms with Gasteiger partial charge in [0.15, 0.2) is 6.10 Å². The van der Waals surface area contributed by atoms with Crippen molar-refractivity contribution in [2.45, 2.75) is 97.5 Å². The van der Waals surface area contributed by atoms with E-state index >= 15 is 0 Å². The molecular formula is C30H49N5O7. The van der Waals surface area contributed by atoms with Gasteiger partial charge in [-0.05, 0) is 31.1 Å². The smallest absolute Gasteiger partial charge is 0.308 e. The van der Waals surface area contributed by atoms with E-state index in [4.69, 9.17) is 4.74 Å². The molecule has 0 aromatic heterocycles. The fourth-order valence-corrected chi connectivity index (χ4v) is 5.53. The van der Waals surface area contributed by atoms with Gasteiger partial charge < -0.3 is 30.1 Å². The molecule has 5 amide bonds. The molecule has 12 heteroatoms. The van der Waals surface area contributed by atoms with Crippen LogP contribution in [0.4, 0.5) is 0 Å². The highest BCUT2D eigenvalue weighted by molar-refractivity contribution is 5.96. The van der Waals surface area contributed by atoms with Gasteiger partial charge in [-0.25, -0.2) is 0 Å².